The number of H-pyrrole nitrogens is 1. The Balaban J connectivity index is 1.46. The molecular weight excluding hydrogens is 368 g/mol. The third-order valence-corrected chi connectivity index (χ3v) is 5.37. The van der Waals surface area contributed by atoms with Crippen LogP contribution in [0.4, 0.5) is 0 Å². The number of carbonyl (C=O) groups is 1. The number of nitrogens with zero attached hydrogens (tertiary/aromatic N) is 1. The van der Waals surface area contributed by atoms with Gasteiger partial charge in [-0.25, -0.2) is 4.98 Å². The summed E-state index contributed by atoms with van der Waals surface area (Å²) in [5.74, 6) is 0.886. The predicted octanol–water partition coefficient (Wildman–Crippen LogP) is 2.81. The summed E-state index contributed by atoms with van der Waals surface area (Å²) in [5, 5.41) is 9.62. The smallest absolute Gasteiger partial charge is 0.228 e. The first kappa shape index (κ1) is 19.0. The molecule has 1 heterocycles. The van der Waals surface area contributed by atoms with E-state index in [1.54, 1.807) is 24.3 Å². The van der Waals surface area contributed by atoms with E-state index in [0.29, 0.717) is 22.8 Å². The van der Waals surface area contributed by atoms with Crippen LogP contribution in [-0.4, -0.2) is 27.0 Å². The number of aromatic amines is 1. The van der Waals surface area contributed by atoms with E-state index in [2.05, 4.69) is 9.97 Å². The molecule has 0 aliphatic heterocycles. The molecule has 4 rings (SSSR count). The van der Waals surface area contributed by atoms with Crippen molar-refractivity contribution >= 4 is 16.8 Å². The van der Waals surface area contributed by atoms with Crippen molar-refractivity contribution in [3.63, 3.8) is 0 Å². The quantitative estimate of drug-likeness (QED) is 0.391. The number of imidazole rings is 1. The first-order chi connectivity index (χ1) is 14.0. The number of nitrogens with two attached hydrogens (primary N) is 2. The van der Waals surface area contributed by atoms with Gasteiger partial charge in [0.25, 0.3) is 0 Å². The van der Waals surface area contributed by atoms with Crippen LogP contribution in [0.15, 0.2) is 60.1 Å². The molecule has 6 N–H and O–H groups in total. The van der Waals surface area contributed by atoms with E-state index < -0.39 is 0 Å². The van der Waals surface area contributed by atoms with Gasteiger partial charge in [0.05, 0.1) is 22.8 Å². The van der Waals surface area contributed by atoms with Crippen LogP contribution in [-0.2, 0) is 0 Å². The number of ether oxygens (including phenoxy) is 1. The normalized spacial score (nSPS) is 20.3. The van der Waals surface area contributed by atoms with E-state index in [1.807, 2.05) is 24.3 Å². The summed E-state index contributed by atoms with van der Waals surface area (Å²) in [6.45, 7) is 0. The molecule has 150 valence electrons. The summed E-state index contributed by atoms with van der Waals surface area (Å²) in [7, 11) is 0. The van der Waals surface area contributed by atoms with Gasteiger partial charge in [-0.1, -0.05) is 12.1 Å². The Kier molecular flexibility index (Phi) is 5.22. The number of hydrogen-bond donors (Lipinski definition) is 4. The standard InChI is InChI=1S/C22H24N4O3/c23-19(13-5-9-15(27)10-6-13)21(24)29-16-11-7-14(8-12-16)20(28)22-25-17-3-1-2-4-18(17)26-22/h1-4,7-8,11-13,15,27H,5-6,9-10,23-24H2,(H,25,26)/b21-19+. The number of rotatable bonds is 5. The molecule has 3 aromatic rings. The van der Waals surface area contributed by atoms with Crippen LogP contribution < -0.4 is 16.2 Å². The lowest BCUT2D eigenvalue weighted by atomic mass is 9.85. The fourth-order valence-electron chi connectivity index (χ4n) is 3.65. The average molecular weight is 392 g/mol. The average Bonchev–Trinajstić information content (AvgIpc) is 3.18. The van der Waals surface area contributed by atoms with Crippen molar-refractivity contribution in [1.29, 1.82) is 0 Å². The Hall–Kier alpha value is -3.32. The minimum absolute atomic E-state index is 0.118. The highest BCUT2D eigenvalue weighted by Gasteiger charge is 2.23. The number of aromatic nitrogens is 2. The van der Waals surface area contributed by atoms with Crippen molar-refractivity contribution in [3.05, 3.63) is 71.5 Å². The molecule has 1 saturated carbocycles. The molecule has 0 amide bonds. The molecule has 1 aromatic heterocycles. The van der Waals surface area contributed by atoms with Crippen LogP contribution in [0.3, 0.4) is 0 Å². The summed E-state index contributed by atoms with van der Waals surface area (Å²) in [6.07, 6.45) is 2.77. The van der Waals surface area contributed by atoms with Gasteiger partial charge in [-0.3, -0.25) is 4.79 Å². The third kappa shape index (κ3) is 4.09. The van der Waals surface area contributed by atoms with Crippen molar-refractivity contribution in [2.45, 2.75) is 31.8 Å². The second kappa shape index (κ2) is 7.97. The molecule has 1 aliphatic carbocycles. The predicted molar refractivity (Wildman–Crippen MR) is 110 cm³/mol. The van der Waals surface area contributed by atoms with Gasteiger partial charge in [0, 0.05) is 11.5 Å². The van der Waals surface area contributed by atoms with Crippen molar-refractivity contribution in [3.8, 4) is 5.75 Å². The monoisotopic (exact) mass is 392 g/mol. The molecule has 0 unspecified atom stereocenters. The van der Waals surface area contributed by atoms with Crippen molar-refractivity contribution in [2.24, 2.45) is 17.4 Å². The van der Waals surface area contributed by atoms with Crippen LogP contribution >= 0.6 is 0 Å². The minimum atomic E-state index is -0.252. The zero-order valence-corrected chi connectivity index (χ0v) is 16.0. The molecule has 0 saturated heterocycles. The first-order valence-electron chi connectivity index (χ1n) is 9.72. The van der Waals surface area contributed by atoms with E-state index in [4.69, 9.17) is 16.2 Å². The molecule has 1 aliphatic rings. The maximum atomic E-state index is 12.7. The lowest BCUT2D eigenvalue weighted by molar-refractivity contribution is 0.103. The second-order valence-electron chi connectivity index (χ2n) is 7.38. The first-order valence-corrected chi connectivity index (χ1v) is 9.72. The highest BCUT2D eigenvalue weighted by molar-refractivity contribution is 6.08. The molecule has 2 aromatic carbocycles. The number of aliphatic hydroxyl groups is 1. The lowest BCUT2D eigenvalue weighted by Crippen LogP contribution is -2.26. The maximum absolute atomic E-state index is 12.7. The van der Waals surface area contributed by atoms with E-state index >= 15 is 0 Å². The Morgan fingerprint density at radius 3 is 2.41 bits per heavy atom. The summed E-state index contributed by atoms with van der Waals surface area (Å²) < 4.78 is 5.68. The van der Waals surface area contributed by atoms with Crippen LogP contribution in [0.1, 0.15) is 41.9 Å². The summed E-state index contributed by atoms with van der Waals surface area (Å²) in [5.41, 5.74) is 14.8. The topological polar surface area (TPSA) is 127 Å². The highest BCUT2D eigenvalue weighted by Crippen LogP contribution is 2.29. The molecule has 7 heteroatoms. The Bertz CT molecular complexity index is 1010. The van der Waals surface area contributed by atoms with Gasteiger partial charge < -0.3 is 26.3 Å². The van der Waals surface area contributed by atoms with Crippen molar-refractivity contribution in [1.82, 2.24) is 9.97 Å². The van der Waals surface area contributed by atoms with E-state index in [-0.39, 0.29) is 23.7 Å². The van der Waals surface area contributed by atoms with Gasteiger partial charge >= 0.3 is 0 Å². The van der Waals surface area contributed by atoms with Crippen LogP contribution in [0.25, 0.3) is 11.0 Å². The van der Waals surface area contributed by atoms with Gasteiger partial charge in [0.2, 0.25) is 11.7 Å². The van der Waals surface area contributed by atoms with E-state index in [0.717, 1.165) is 36.7 Å². The van der Waals surface area contributed by atoms with Gasteiger partial charge in [-0.15, -0.1) is 0 Å². The molecule has 0 bridgehead atoms. The van der Waals surface area contributed by atoms with Gasteiger partial charge in [0.1, 0.15) is 5.75 Å². The number of carbonyl (C=O) groups excluding carboxylic acids is 1. The highest BCUT2D eigenvalue weighted by atomic mass is 16.5. The number of hydrogen-bond acceptors (Lipinski definition) is 6. The Labute approximate surface area is 168 Å². The number of para-hydroxylation sites is 2. The minimum Gasteiger partial charge on any atom is -0.440 e. The molecule has 7 nitrogen and oxygen atoms in total. The molecule has 0 atom stereocenters. The largest absolute Gasteiger partial charge is 0.440 e. The molecule has 1 fully saturated rings. The number of aliphatic hydroxyl groups excluding tert-OH is 1. The summed E-state index contributed by atoms with van der Waals surface area (Å²) in [6, 6.07) is 14.2. The number of fused-ring (bicyclic) bond motifs is 1. The lowest BCUT2D eigenvalue weighted by Gasteiger charge is -2.26. The third-order valence-electron chi connectivity index (χ3n) is 5.37. The molecule has 29 heavy (non-hydrogen) atoms. The zero-order valence-electron chi connectivity index (χ0n) is 16.0. The van der Waals surface area contributed by atoms with Crippen LogP contribution in [0, 0.1) is 5.92 Å². The fourth-order valence-corrected chi connectivity index (χ4v) is 3.65. The number of allylic oxidation sites excluding steroid dienone is 1. The molecule has 0 spiro atoms. The van der Waals surface area contributed by atoms with Gasteiger partial charge in [-0.05, 0) is 62.1 Å². The van der Waals surface area contributed by atoms with Gasteiger partial charge in [0.15, 0.2) is 5.82 Å². The van der Waals surface area contributed by atoms with Crippen molar-refractivity contribution in [2.75, 3.05) is 0 Å². The second-order valence-corrected chi connectivity index (χ2v) is 7.38. The van der Waals surface area contributed by atoms with Crippen LogP contribution in [0.5, 0.6) is 5.75 Å². The number of ketones is 1. The van der Waals surface area contributed by atoms with E-state index in [9.17, 15) is 9.90 Å². The Morgan fingerprint density at radius 2 is 1.72 bits per heavy atom. The van der Waals surface area contributed by atoms with Crippen molar-refractivity contribution < 1.29 is 14.6 Å². The fraction of sp³-hybridized carbons (Fsp3) is 0.273. The zero-order chi connectivity index (χ0) is 20.4. The Morgan fingerprint density at radius 1 is 1.03 bits per heavy atom. The SMILES string of the molecule is N/C(Oc1ccc(C(=O)c2nc3ccccc3[nH]2)cc1)=C(\N)C1CCC(O)CC1. The van der Waals surface area contributed by atoms with Gasteiger partial charge in [-0.2, -0.15) is 0 Å². The van der Waals surface area contributed by atoms with E-state index in [1.165, 1.54) is 0 Å². The van der Waals surface area contributed by atoms with Crippen LogP contribution in [0.2, 0.25) is 0 Å². The number of nitrogens with one attached hydrogen (secondary N) is 1. The summed E-state index contributed by atoms with van der Waals surface area (Å²) >= 11 is 0. The summed E-state index contributed by atoms with van der Waals surface area (Å²) in [4.78, 5) is 20.1. The number of benzene rings is 2. The maximum Gasteiger partial charge on any atom is 0.228 e. The molecular formula is C22H24N4O3. The molecule has 0 radical (unpaired) electrons.